The molecule has 2 aromatic carbocycles. The number of hydrogen-bond acceptors (Lipinski definition) is 6. The smallest absolute Gasteiger partial charge is 0.321 e. The van der Waals surface area contributed by atoms with Gasteiger partial charge in [-0.25, -0.2) is 14.8 Å². The average Bonchev–Trinajstić information content (AvgIpc) is 3.50. The Morgan fingerprint density at radius 2 is 1.81 bits per heavy atom. The first-order valence-electron chi connectivity index (χ1n) is 12.3. The molecule has 5 rings (SSSR count). The summed E-state index contributed by atoms with van der Waals surface area (Å²) in [5.74, 6) is -0.0734. The first-order chi connectivity index (χ1) is 17.5. The number of nitrogens with one attached hydrogen (secondary N) is 3. The highest BCUT2D eigenvalue weighted by molar-refractivity contribution is 7.21. The molecular formula is C27H29N5O2S2. The molecule has 36 heavy (non-hydrogen) atoms. The predicted molar refractivity (Wildman–Crippen MR) is 148 cm³/mol. The zero-order chi connectivity index (χ0) is 24.9. The third kappa shape index (κ3) is 6.27. The Morgan fingerprint density at radius 1 is 1.00 bits per heavy atom. The molecule has 3 N–H and O–H groups in total. The van der Waals surface area contributed by atoms with Gasteiger partial charge in [-0.1, -0.05) is 25.3 Å². The van der Waals surface area contributed by atoms with E-state index in [-0.39, 0.29) is 18.0 Å². The van der Waals surface area contributed by atoms with Gasteiger partial charge in [0.1, 0.15) is 5.01 Å². The second kappa shape index (κ2) is 11.2. The van der Waals surface area contributed by atoms with E-state index >= 15 is 0 Å². The van der Waals surface area contributed by atoms with Crippen LogP contribution in [0.25, 0.3) is 20.8 Å². The highest BCUT2D eigenvalue weighted by atomic mass is 32.1. The van der Waals surface area contributed by atoms with Gasteiger partial charge in [0.15, 0.2) is 5.13 Å². The maximum atomic E-state index is 12.5. The molecule has 0 unspecified atom stereocenters. The molecule has 1 aliphatic rings. The van der Waals surface area contributed by atoms with E-state index in [0.29, 0.717) is 18.0 Å². The Balaban J connectivity index is 1.09. The highest BCUT2D eigenvalue weighted by Gasteiger charge is 2.16. The van der Waals surface area contributed by atoms with E-state index in [2.05, 4.69) is 40.0 Å². The lowest BCUT2D eigenvalue weighted by molar-refractivity contribution is -0.116. The van der Waals surface area contributed by atoms with Crippen molar-refractivity contribution in [1.29, 1.82) is 0 Å². The summed E-state index contributed by atoms with van der Waals surface area (Å²) in [6.45, 7) is 2.08. The summed E-state index contributed by atoms with van der Waals surface area (Å²) in [7, 11) is 0. The van der Waals surface area contributed by atoms with Crippen molar-refractivity contribution in [2.24, 2.45) is 0 Å². The maximum absolute atomic E-state index is 12.5. The van der Waals surface area contributed by atoms with Gasteiger partial charge in [-0.05, 0) is 68.1 Å². The number of carbonyl (C=O) groups excluding carboxylic acids is 2. The van der Waals surface area contributed by atoms with Gasteiger partial charge in [-0.15, -0.1) is 22.7 Å². The van der Waals surface area contributed by atoms with E-state index in [0.717, 1.165) is 40.3 Å². The van der Waals surface area contributed by atoms with Crippen LogP contribution in [0.5, 0.6) is 0 Å². The van der Waals surface area contributed by atoms with Crippen LogP contribution in [0.3, 0.4) is 0 Å². The molecule has 1 aliphatic carbocycles. The molecule has 0 spiro atoms. The van der Waals surface area contributed by atoms with Gasteiger partial charge in [-0.2, -0.15) is 0 Å². The zero-order valence-corrected chi connectivity index (χ0v) is 21.8. The molecule has 0 aliphatic heterocycles. The SMILES string of the molecule is Cc1ccc2nc(-c3ccc(NC(=O)CCc4csc(NC(=O)NC5CCCCC5)n4)cc3)sc2c1. The fraction of sp³-hybridized carbons (Fsp3) is 0.333. The fourth-order valence-electron chi connectivity index (χ4n) is 4.36. The molecule has 4 aromatic rings. The van der Waals surface area contributed by atoms with E-state index in [4.69, 9.17) is 4.98 Å². The summed E-state index contributed by atoms with van der Waals surface area (Å²) in [6, 6.07) is 14.1. The Kier molecular flexibility index (Phi) is 7.58. The number of benzene rings is 2. The first-order valence-corrected chi connectivity index (χ1v) is 14.0. The molecule has 3 amide bonds. The Morgan fingerprint density at radius 3 is 2.61 bits per heavy atom. The van der Waals surface area contributed by atoms with Crippen molar-refractivity contribution in [3.8, 4) is 10.6 Å². The molecule has 0 radical (unpaired) electrons. The van der Waals surface area contributed by atoms with Crippen LogP contribution in [-0.2, 0) is 11.2 Å². The van der Waals surface area contributed by atoms with E-state index in [1.807, 2.05) is 35.7 Å². The van der Waals surface area contributed by atoms with Crippen molar-refractivity contribution in [2.75, 3.05) is 10.6 Å². The van der Waals surface area contributed by atoms with Crippen LogP contribution in [0.4, 0.5) is 15.6 Å². The van der Waals surface area contributed by atoms with Crippen LogP contribution in [0.2, 0.25) is 0 Å². The molecule has 2 aromatic heterocycles. The van der Waals surface area contributed by atoms with Gasteiger partial charge >= 0.3 is 6.03 Å². The predicted octanol–water partition coefficient (Wildman–Crippen LogP) is 6.75. The Labute approximate surface area is 218 Å². The summed E-state index contributed by atoms with van der Waals surface area (Å²) in [6.07, 6.45) is 6.49. The molecule has 0 bridgehead atoms. The molecule has 1 saturated carbocycles. The van der Waals surface area contributed by atoms with Gasteiger partial charge in [0.2, 0.25) is 5.91 Å². The number of aryl methyl sites for hydroxylation is 2. The number of nitrogens with zero attached hydrogens (tertiary/aromatic N) is 2. The van der Waals surface area contributed by atoms with Crippen molar-refractivity contribution in [3.05, 3.63) is 59.1 Å². The van der Waals surface area contributed by atoms with Gasteiger partial charge < -0.3 is 10.6 Å². The number of hydrogen-bond donors (Lipinski definition) is 3. The normalized spacial score (nSPS) is 14.0. The summed E-state index contributed by atoms with van der Waals surface area (Å²) in [5, 5.41) is 12.2. The quantitative estimate of drug-likeness (QED) is 0.251. The van der Waals surface area contributed by atoms with Crippen molar-refractivity contribution in [1.82, 2.24) is 15.3 Å². The number of urea groups is 1. The van der Waals surface area contributed by atoms with Crippen LogP contribution in [0.15, 0.2) is 47.8 Å². The van der Waals surface area contributed by atoms with Crippen LogP contribution in [0.1, 0.15) is 49.8 Å². The molecule has 2 heterocycles. The van der Waals surface area contributed by atoms with Crippen LogP contribution in [-0.4, -0.2) is 27.9 Å². The van der Waals surface area contributed by atoms with E-state index in [1.54, 1.807) is 11.3 Å². The second-order valence-electron chi connectivity index (χ2n) is 9.19. The van der Waals surface area contributed by atoms with Crippen LogP contribution >= 0.6 is 22.7 Å². The average molecular weight is 520 g/mol. The minimum Gasteiger partial charge on any atom is -0.335 e. The van der Waals surface area contributed by atoms with Crippen LogP contribution < -0.4 is 16.0 Å². The molecule has 7 nitrogen and oxygen atoms in total. The molecule has 1 fully saturated rings. The van der Waals surface area contributed by atoms with E-state index < -0.39 is 0 Å². The highest BCUT2D eigenvalue weighted by Crippen LogP contribution is 2.31. The molecule has 9 heteroatoms. The number of carbonyl (C=O) groups is 2. The van der Waals surface area contributed by atoms with Crippen LogP contribution in [0, 0.1) is 6.92 Å². The monoisotopic (exact) mass is 519 g/mol. The number of aromatic nitrogens is 2. The molecule has 0 saturated heterocycles. The summed E-state index contributed by atoms with van der Waals surface area (Å²) in [5.41, 5.74) is 4.80. The standard InChI is InChI=1S/C27H29N5O2S2/c1-17-7-13-22-23(15-17)36-25(31-22)18-8-10-20(11-9-18)28-24(33)14-12-21-16-35-27(30-21)32-26(34)29-19-5-3-2-4-6-19/h7-11,13,15-16,19H,2-6,12,14H2,1H3,(H,28,33)(H2,29,30,32,34). The number of amides is 3. The summed E-state index contributed by atoms with van der Waals surface area (Å²) >= 11 is 3.05. The summed E-state index contributed by atoms with van der Waals surface area (Å²) in [4.78, 5) is 33.9. The third-order valence-electron chi connectivity index (χ3n) is 6.28. The Hall–Kier alpha value is -3.30. The van der Waals surface area contributed by atoms with Gasteiger partial charge in [0.25, 0.3) is 0 Å². The Bertz CT molecular complexity index is 1360. The maximum Gasteiger partial charge on any atom is 0.321 e. The van der Waals surface area contributed by atoms with Crippen molar-refractivity contribution < 1.29 is 9.59 Å². The molecular weight excluding hydrogens is 490 g/mol. The van der Waals surface area contributed by atoms with Crippen molar-refractivity contribution in [2.45, 2.75) is 57.9 Å². The number of anilines is 2. The lowest BCUT2D eigenvalue weighted by Crippen LogP contribution is -2.38. The topological polar surface area (TPSA) is 96.0 Å². The summed E-state index contributed by atoms with van der Waals surface area (Å²) < 4.78 is 1.17. The lowest BCUT2D eigenvalue weighted by atomic mass is 9.96. The van der Waals surface area contributed by atoms with Gasteiger partial charge in [-0.3, -0.25) is 10.1 Å². The molecule has 0 atom stereocenters. The number of fused-ring (bicyclic) bond motifs is 1. The largest absolute Gasteiger partial charge is 0.335 e. The number of thiazole rings is 2. The minimum atomic E-state index is -0.204. The molecule has 186 valence electrons. The third-order valence-corrected chi connectivity index (χ3v) is 8.15. The van der Waals surface area contributed by atoms with Gasteiger partial charge in [0, 0.05) is 29.1 Å². The first kappa shape index (κ1) is 24.4. The zero-order valence-electron chi connectivity index (χ0n) is 20.2. The lowest BCUT2D eigenvalue weighted by Gasteiger charge is -2.22. The van der Waals surface area contributed by atoms with Crippen molar-refractivity contribution in [3.63, 3.8) is 0 Å². The fourth-order valence-corrected chi connectivity index (χ4v) is 6.17. The number of rotatable bonds is 7. The van der Waals surface area contributed by atoms with E-state index in [1.165, 1.54) is 40.9 Å². The van der Waals surface area contributed by atoms with E-state index in [9.17, 15) is 9.59 Å². The minimum absolute atomic E-state index is 0.0734. The second-order valence-corrected chi connectivity index (χ2v) is 11.1. The van der Waals surface area contributed by atoms with Crippen molar-refractivity contribution >= 4 is 55.6 Å². The van der Waals surface area contributed by atoms with Gasteiger partial charge in [0.05, 0.1) is 15.9 Å².